The van der Waals surface area contributed by atoms with Crippen LogP contribution in [-0.4, -0.2) is 17.0 Å². The molecule has 1 N–H and O–H groups in total. The maximum absolute atomic E-state index is 11.4. The van der Waals surface area contributed by atoms with Crippen LogP contribution in [0.1, 0.15) is 40.5 Å². The molecule has 0 aromatic rings. The predicted octanol–water partition coefficient (Wildman–Crippen LogP) is 2.01. The third kappa shape index (κ3) is 3.35. The molecule has 0 aliphatic rings. The van der Waals surface area contributed by atoms with E-state index in [1.807, 2.05) is 27.7 Å². The highest BCUT2D eigenvalue weighted by molar-refractivity contribution is 5.84. The van der Waals surface area contributed by atoms with Crippen LogP contribution < -0.4 is 0 Å². The quantitative estimate of drug-likeness (QED) is 0.688. The summed E-state index contributed by atoms with van der Waals surface area (Å²) in [5.41, 5.74) is 0. The van der Waals surface area contributed by atoms with Crippen LogP contribution in [0.15, 0.2) is 0 Å². The standard InChI is InChI=1S/C10H20O2/c1-5-6-9(11)10(12)8(4)7(2)3/h7-9,11H,5-6H2,1-4H3. The Morgan fingerprint density at radius 3 is 2.17 bits per heavy atom. The van der Waals surface area contributed by atoms with Gasteiger partial charge in [-0.15, -0.1) is 0 Å². The Bertz CT molecular complexity index is 141. The van der Waals surface area contributed by atoms with E-state index in [1.165, 1.54) is 0 Å². The van der Waals surface area contributed by atoms with Crippen LogP contribution in [0.25, 0.3) is 0 Å². The maximum Gasteiger partial charge on any atom is 0.164 e. The van der Waals surface area contributed by atoms with Crippen molar-refractivity contribution in [2.75, 3.05) is 0 Å². The van der Waals surface area contributed by atoms with Crippen LogP contribution in [0.2, 0.25) is 0 Å². The van der Waals surface area contributed by atoms with Crippen LogP contribution in [0.3, 0.4) is 0 Å². The van der Waals surface area contributed by atoms with Gasteiger partial charge in [0.2, 0.25) is 0 Å². The molecule has 0 amide bonds. The lowest BCUT2D eigenvalue weighted by atomic mass is 9.89. The highest BCUT2D eigenvalue weighted by atomic mass is 16.3. The first-order valence-corrected chi connectivity index (χ1v) is 4.72. The molecule has 0 bridgehead atoms. The summed E-state index contributed by atoms with van der Waals surface area (Å²) in [5, 5.41) is 9.39. The summed E-state index contributed by atoms with van der Waals surface area (Å²) in [4.78, 5) is 11.4. The smallest absolute Gasteiger partial charge is 0.164 e. The monoisotopic (exact) mass is 172 g/mol. The molecule has 0 spiro atoms. The van der Waals surface area contributed by atoms with Crippen LogP contribution in [0.4, 0.5) is 0 Å². The van der Waals surface area contributed by atoms with E-state index in [-0.39, 0.29) is 11.7 Å². The molecule has 0 aromatic carbocycles. The van der Waals surface area contributed by atoms with Crippen molar-refractivity contribution in [1.82, 2.24) is 0 Å². The van der Waals surface area contributed by atoms with Gasteiger partial charge in [0.15, 0.2) is 5.78 Å². The molecule has 0 heterocycles. The van der Waals surface area contributed by atoms with Crippen LogP contribution in [-0.2, 0) is 4.79 Å². The van der Waals surface area contributed by atoms with Gasteiger partial charge in [-0.25, -0.2) is 0 Å². The molecule has 0 rings (SSSR count). The first kappa shape index (κ1) is 11.6. The zero-order chi connectivity index (χ0) is 9.72. The Labute approximate surface area is 75.0 Å². The van der Waals surface area contributed by atoms with E-state index in [1.54, 1.807) is 0 Å². The van der Waals surface area contributed by atoms with E-state index in [0.29, 0.717) is 12.3 Å². The van der Waals surface area contributed by atoms with Gasteiger partial charge in [-0.3, -0.25) is 4.79 Å². The summed E-state index contributed by atoms with van der Waals surface area (Å²) in [7, 11) is 0. The third-order valence-electron chi connectivity index (χ3n) is 2.34. The second-order valence-electron chi connectivity index (χ2n) is 3.74. The van der Waals surface area contributed by atoms with Crippen LogP contribution >= 0.6 is 0 Å². The lowest BCUT2D eigenvalue weighted by molar-refractivity contribution is -0.132. The molecule has 0 radical (unpaired) electrons. The van der Waals surface area contributed by atoms with E-state index in [9.17, 15) is 9.90 Å². The normalized spacial score (nSPS) is 16.2. The molecular formula is C10H20O2. The predicted molar refractivity (Wildman–Crippen MR) is 49.9 cm³/mol. The number of carbonyl (C=O) groups excluding carboxylic acids is 1. The first-order chi connectivity index (χ1) is 5.50. The molecular weight excluding hydrogens is 152 g/mol. The topological polar surface area (TPSA) is 37.3 Å². The van der Waals surface area contributed by atoms with E-state index < -0.39 is 6.10 Å². The van der Waals surface area contributed by atoms with Crippen molar-refractivity contribution in [3.8, 4) is 0 Å². The second kappa shape index (κ2) is 5.31. The number of hydrogen-bond donors (Lipinski definition) is 1. The number of ketones is 1. The fourth-order valence-corrected chi connectivity index (χ4v) is 1.05. The summed E-state index contributed by atoms with van der Waals surface area (Å²) < 4.78 is 0. The Balaban J connectivity index is 4.00. The fourth-order valence-electron chi connectivity index (χ4n) is 1.05. The highest BCUT2D eigenvalue weighted by Gasteiger charge is 2.22. The molecule has 0 aromatic heterocycles. The number of hydrogen-bond acceptors (Lipinski definition) is 2. The Morgan fingerprint density at radius 1 is 1.33 bits per heavy atom. The summed E-state index contributed by atoms with van der Waals surface area (Å²) in [6, 6.07) is 0. The molecule has 2 unspecified atom stereocenters. The van der Waals surface area contributed by atoms with Crippen molar-refractivity contribution >= 4 is 5.78 Å². The molecule has 2 atom stereocenters. The Kier molecular flexibility index (Phi) is 5.14. The lowest BCUT2D eigenvalue weighted by Crippen LogP contribution is -2.29. The van der Waals surface area contributed by atoms with Crippen molar-refractivity contribution in [3.05, 3.63) is 0 Å². The largest absolute Gasteiger partial charge is 0.385 e. The first-order valence-electron chi connectivity index (χ1n) is 4.72. The summed E-state index contributed by atoms with van der Waals surface area (Å²) in [5.74, 6) is 0.294. The van der Waals surface area contributed by atoms with Crippen LogP contribution in [0.5, 0.6) is 0 Å². The average Bonchev–Trinajstić information content (AvgIpc) is 2.02. The number of carbonyl (C=O) groups is 1. The van der Waals surface area contributed by atoms with E-state index >= 15 is 0 Å². The summed E-state index contributed by atoms with van der Waals surface area (Å²) in [6.07, 6.45) is 0.709. The molecule has 0 saturated carbocycles. The van der Waals surface area contributed by atoms with Crippen molar-refractivity contribution < 1.29 is 9.90 Å². The van der Waals surface area contributed by atoms with E-state index in [0.717, 1.165) is 6.42 Å². The van der Waals surface area contributed by atoms with Gasteiger partial charge in [0.1, 0.15) is 6.10 Å². The number of Topliss-reactive ketones (excluding diaryl/α,β-unsaturated/α-hetero) is 1. The van der Waals surface area contributed by atoms with Gasteiger partial charge in [-0.05, 0) is 12.3 Å². The van der Waals surface area contributed by atoms with Gasteiger partial charge in [-0.2, -0.15) is 0 Å². The minimum absolute atomic E-state index is 0.00755. The molecule has 2 nitrogen and oxygen atoms in total. The zero-order valence-electron chi connectivity index (χ0n) is 8.50. The zero-order valence-corrected chi connectivity index (χ0v) is 8.50. The molecule has 0 aliphatic carbocycles. The Hall–Kier alpha value is -0.370. The minimum atomic E-state index is -0.743. The van der Waals surface area contributed by atoms with Gasteiger partial charge in [0.25, 0.3) is 0 Å². The fraction of sp³-hybridized carbons (Fsp3) is 0.900. The lowest BCUT2D eigenvalue weighted by Gasteiger charge is -2.17. The average molecular weight is 172 g/mol. The molecule has 0 saturated heterocycles. The van der Waals surface area contributed by atoms with E-state index in [4.69, 9.17) is 0 Å². The van der Waals surface area contributed by atoms with E-state index in [2.05, 4.69) is 0 Å². The molecule has 72 valence electrons. The van der Waals surface area contributed by atoms with Crippen molar-refractivity contribution in [2.24, 2.45) is 11.8 Å². The third-order valence-corrected chi connectivity index (χ3v) is 2.34. The van der Waals surface area contributed by atoms with Crippen molar-refractivity contribution in [1.29, 1.82) is 0 Å². The van der Waals surface area contributed by atoms with Gasteiger partial charge in [0, 0.05) is 5.92 Å². The number of rotatable bonds is 5. The van der Waals surface area contributed by atoms with Crippen LogP contribution in [0, 0.1) is 11.8 Å². The summed E-state index contributed by atoms with van der Waals surface area (Å²) >= 11 is 0. The second-order valence-corrected chi connectivity index (χ2v) is 3.74. The van der Waals surface area contributed by atoms with Gasteiger partial charge >= 0.3 is 0 Å². The Morgan fingerprint density at radius 2 is 1.83 bits per heavy atom. The molecule has 0 aliphatic heterocycles. The SMILES string of the molecule is CCCC(O)C(=O)C(C)C(C)C. The number of aliphatic hydroxyl groups excluding tert-OH is 1. The molecule has 12 heavy (non-hydrogen) atoms. The molecule has 2 heteroatoms. The summed E-state index contributed by atoms with van der Waals surface area (Å²) in [6.45, 7) is 7.85. The highest BCUT2D eigenvalue weighted by Crippen LogP contribution is 2.14. The van der Waals surface area contributed by atoms with Gasteiger partial charge < -0.3 is 5.11 Å². The molecule has 0 fully saturated rings. The van der Waals surface area contributed by atoms with Crippen molar-refractivity contribution in [3.63, 3.8) is 0 Å². The minimum Gasteiger partial charge on any atom is -0.385 e. The van der Waals surface area contributed by atoms with Crippen molar-refractivity contribution in [2.45, 2.75) is 46.6 Å². The van der Waals surface area contributed by atoms with Gasteiger partial charge in [0.05, 0.1) is 0 Å². The number of aliphatic hydroxyl groups is 1. The maximum atomic E-state index is 11.4. The van der Waals surface area contributed by atoms with Gasteiger partial charge in [-0.1, -0.05) is 34.1 Å².